The Morgan fingerprint density at radius 2 is 2.10 bits per heavy atom. The zero-order valence-electron chi connectivity index (χ0n) is 10.6. The number of halogens is 3. The van der Waals surface area contributed by atoms with Crippen LogP contribution < -0.4 is 5.73 Å². The molecule has 1 rings (SSSR count). The molecular formula is C12H16F3N3O2. The van der Waals surface area contributed by atoms with Crippen LogP contribution in [0.3, 0.4) is 0 Å². The topological polar surface area (TPSA) is 82.1 Å². The normalized spacial score (nSPS) is 12.4. The lowest BCUT2D eigenvalue weighted by Gasteiger charge is -2.21. The molecule has 20 heavy (non-hydrogen) atoms. The first-order valence-electron chi connectivity index (χ1n) is 5.86. The van der Waals surface area contributed by atoms with Crippen LogP contribution in [-0.4, -0.2) is 47.2 Å². The Hall–Kier alpha value is -1.80. The molecule has 1 aromatic rings. The number of rotatable bonds is 7. The van der Waals surface area contributed by atoms with Gasteiger partial charge in [0, 0.05) is 18.7 Å². The van der Waals surface area contributed by atoms with E-state index < -0.39 is 24.6 Å². The number of amidine groups is 1. The van der Waals surface area contributed by atoms with E-state index in [1.807, 2.05) is 0 Å². The largest absolute Gasteiger partial charge is 0.409 e. The maximum atomic E-state index is 14.1. The van der Waals surface area contributed by atoms with Gasteiger partial charge in [-0.1, -0.05) is 17.3 Å². The van der Waals surface area contributed by atoms with E-state index in [1.54, 1.807) is 0 Å². The summed E-state index contributed by atoms with van der Waals surface area (Å²) in [6.45, 7) is -0.997. The van der Waals surface area contributed by atoms with Crippen LogP contribution in [0.25, 0.3) is 0 Å². The summed E-state index contributed by atoms with van der Waals surface area (Å²) in [6, 6.07) is 4.21. The van der Waals surface area contributed by atoms with Gasteiger partial charge in [-0.15, -0.1) is 0 Å². The number of oxime groups is 1. The first-order chi connectivity index (χ1) is 9.49. The molecule has 0 aliphatic carbocycles. The fourth-order valence-corrected chi connectivity index (χ4v) is 1.77. The summed E-state index contributed by atoms with van der Waals surface area (Å²) in [5.41, 5.74) is 5.34. The first-order valence-corrected chi connectivity index (χ1v) is 5.86. The summed E-state index contributed by atoms with van der Waals surface area (Å²) >= 11 is 0. The zero-order valence-corrected chi connectivity index (χ0v) is 10.6. The van der Waals surface area contributed by atoms with Crippen molar-refractivity contribution in [2.24, 2.45) is 10.9 Å². The van der Waals surface area contributed by atoms with E-state index in [-0.39, 0.29) is 30.8 Å². The average Bonchev–Trinajstić information content (AvgIpc) is 2.40. The smallest absolute Gasteiger partial charge is 0.251 e. The number of hydrogen-bond donors (Lipinski definition) is 3. The third kappa shape index (κ3) is 4.39. The van der Waals surface area contributed by atoms with Gasteiger partial charge in [-0.2, -0.15) is 0 Å². The summed E-state index contributed by atoms with van der Waals surface area (Å²) in [6.07, 6.45) is -2.59. The van der Waals surface area contributed by atoms with Crippen molar-refractivity contribution in [2.45, 2.75) is 13.0 Å². The van der Waals surface area contributed by atoms with E-state index in [1.165, 1.54) is 23.1 Å². The lowest BCUT2D eigenvalue weighted by molar-refractivity contribution is 0.0741. The summed E-state index contributed by atoms with van der Waals surface area (Å²) in [5.74, 6) is -1.13. The van der Waals surface area contributed by atoms with Gasteiger partial charge >= 0.3 is 0 Å². The Bertz CT molecular complexity index is 469. The van der Waals surface area contributed by atoms with Crippen molar-refractivity contribution >= 4 is 5.84 Å². The molecule has 0 bridgehead atoms. The van der Waals surface area contributed by atoms with Gasteiger partial charge in [0.15, 0.2) is 5.84 Å². The average molecular weight is 291 g/mol. The molecule has 112 valence electrons. The number of alkyl halides is 2. The fraction of sp³-hybridized carbons (Fsp3) is 0.417. The highest BCUT2D eigenvalue weighted by Crippen LogP contribution is 2.15. The predicted molar refractivity (Wildman–Crippen MR) is 67.3 cm³/mol. The van der Waals surface area contributed by atoms with Gasteiger partial charge in [-0.25, -0.2) is 13.2 Å². The Morgan fingerprint density at radius 1 is 1.40 bits per heavy atom. The van der Waals surface area contributed by atoms with Crippen LogP contribution in [0.5, 0.6) is 0 Å². The zero-order chi connectivity index (χ0) is 15.1. The molecule has 0 heterocycles. The second-order valence-corrected chi connectivity index (χ2v) is 4.11. The highest BCUT2D eigenvalue weighted by molar-refractivity contribution is 5.97. The van der Waals surface area contributed by atoms with E-state index in [0.717, 1.165) is 0 Å². The maximum Gasteiger partial charge on any atom is 0.251 e. The molecular weight excluding hydrogens is 275 g/mol. The van der Waals surface area contributed by atoms with Gasteiger partial charge in [-0.05, 0) is 6.07 Å². The van der Waals surface area contributed by atoms with Gasteiger partial charge in [0.25, 0.3) is 6.43 Å². The quantitative estimate of drug-likeness (QED) is 0.303. The van der Waals surface area contributed by atoms with Crippen LogP contribution in [0.1, 0.15) is 11.1 Å². The Morgan fingerprint density at radius 3 is 2.65 bits per heavy atom. The fourth-order valence-electron chi connectivity index (χ4n) is 1.77. The summed E-state index contributed by atoms with van der Waals surface area (Å²) in [5, 5.41) is 20.1. The highest BCUT2D eigenvalue weighted by atomic mass is 19.3. The highest BCUT2D eigenvalue weighted by Gasteiger charge is 2.16. The molecule has 0 saturated carbocycles. The van der Waals surface area contributed by atoms with Gasteiger partial charge in [0.1, 0.15) is 5.82 Å². The Labute approximate surface area is 114 Å². The van der Waals surface area contributed by atoms with E-state index in [4.69, 9.17) is 16.0 Å². The predicted octanol–water partition coefficient (Wildman–Crippen LogP) is 0.980. The maximum absolute atomic E-state index is 14.1. The molecule has 0 saturated heterocycles. The van der Waals surface area contributed by atoms with Crippen molar-refractivity contribution in [3.63, 3.8) is 0 Å². The van der Waals surface area contributed by atoms with Crippen LogP contribution in [0.2, 0.25) is 0 Å². The summed E-state index contributed by atoms with van der Waals surface area (Å²) in [4.78, 5) is 1.22. The van der Waals surface area contributed by atoms with E-state index in [0.29, 0.717) is 0 Å². The second-order valence-electron chi connectivity index (χ2n) is 4.11. The Kier molecular flexibility index (Phi) is 6.26. The molecule has 0 aliphatic heterocycles. The summed E-state index contributed by atoms with van der Waals surface area (Å²) in [7, 11) is 0. The minimum atomic E-state index is -2.59. The van der Waals surface area contributed by atoms with Crippen LogP contribution in [-0.2, 0) is 6.54 Å². The third-order valence-corrected chi connectivity index (χ3v) is 2.67. The van der Waals surface area contributed by atoms with Gasteiger partial charge in [0.2, 0.25) is 0 Å². The minimum Gasteiger partial charge on any atom is -0.409 e. The summed E-state index contributed by atoms with van der Waals surface area (Å²) < 4.78 is 38.9. The van der Waals surface area contributed by atoms with Gasteiger partial charge in [-0.3, -0.25) is 4.90 Å². The first kappa shape index (κ1) is 16.3. The standard InChI is InChI=1S/C12H16F3N3O2/c13-10(14)7-18(4-5-19)6-8-2-1-3-9(11(8)15)12(16)17-20/h1-3,10,19-20H,4-7H2,(H2,16,17). The Balaban J connectivity index is 2.95. The number of benzene rings is 1. The van der Waals surface area contributed by atoms with Crippen LogP contribution in [0.15, 0.2) is 23.4 Å². The van der Waals surface area contributed by atoms with Gasteiger partial charge < -0.3 is 16.0 Å². The van der Waals surface area contributed by atoms with Crippen molar-refractivity contribution in [2.75, 3.05) is 19.7 Å². The number of nitrogens with zero attached hydrogens (tertiary/aromatic N) is 2. The molecule has 0 atom stereocenters. The lowest BCUT2D eigenvalue weighted by atomic mass is 10.1. The number of nitrogens with two attached hydrogens (primary N) is 1. The molecule has 1 aromatic carbocycles. The van der Waals surface area contributed by atoms with Crippen molar-refractivity contribution in [1.29, 1.82) is 0 Å². The van der Waals surface area contributed by atoms with Crippen LogP contribution >= 0.6 is 0 Å². The molecule has 0 aliphatic rings. The number of aliphatic hydroxyl groups is 1. The molecule has 0 spiro atoms. The van der Waals surface area contributed by atoms with Crippen molar-refractivity contribution in [3.8, 4) is 0 Å². The van der Waals surface area contributed by atoms with E-state index >= 15 is 0 Å². The third-order valence-electron chi connectivity index (χ3n) is 2.67. The second kappa shape index (κ2) is 7.71. The SMILES string of the molecule is N/C(=N/O)c1cccc(CN(CCO)CC(F)F)c1F. The molecule has 8 heteroatoms. The molecule has 4 N–H and O–H groups in total. The number of hydrogen-bond acceptors (Lipinski definition) is 4. The molecule has 0 aromatic heterocycles. The molecule has 0 amide bonds. The molecule has 0 fully saturated rings. The molecule has 0 radical (unpaired) electrons. The van der Waals surface area contributed by atoms with Crippen LogP contribution in [0.4, 0.5) is 13.2 Å². The minimum absolute atomic E-state index is 0.00240. The lowest BCUT2D eigenvalue weighted by Crippen LogP contribution is -2.31. The van der Waals surface area contributed by atoms with Gasteiger partial charge in [0.05, 0.1) is 18.7 Å². The van der Waals surface area contributed by atoms with Crippen molar-refractivity contribution < 1.29 is 23.5 Å². The number of aliphatic hydroxyl groups excluding tert-OH is 1. The van der Waals surface area contributed by atoms with E-state index in [2.05, 4.69) is 5.16 Å². The molecule has 5 nitrogen and oxygen atoms in total. The molecule has 0 unspecified atom stereocenters. The van der Waals surface area contributed by atoms with Crippen molar-refractivity contribution in [3.05, 3.63) is 35.1 Å². The van der Waals surface area contributed by atoms with E-state index in [9.17, 15) is 13.2 Å². The monoisotopic (exact) mass is 291 g/mol. The van der Waals surface area contributed by atoms with Crippen LogP contribution in [0, 0.1) is 5.82 Å². The van der Waals surface area contributed by atoms with Crippen molar-refractivity contribution in [1.82, 2.24) is 4.90 Å².